The Morgan fingerprint density at radius 3 is 2.69 bits per heavy atom. The Morgan fingerprint density at radius 2 is 2.03 bits per heavy atom. The number of sulfone groups is 1. The number of likely N-dealkylation sites (tertiary alicyclic amines) is 1. The van der Waals surface area contributed by atoms with Gasteiger partial charge in [-0.2, -0.15) is 5.26 Å². The van der Waals surface area contributed by atoms with Crippen molar-refractivity contribution < 1.29 is 18.3 Å². The van der Waals surface area contributed by atoms with E-state index < -0.39 is 15.9 Å². The fourth-order valence-corrected chi connectivity index (χ4v) is 3.98. The number of benzene rings is 2. The van der Waals surface area contributed by atoms with Crippen molar-refractivity contribution >= 4 is 9.84 Å². The van der Waals surface area contributed by atoms with Crippen LogP contribution in [0.4, 0.5) is 0 Å². The van der Waals surface area contributed by atoms with Crippen molar-refractivity contribution in [1.82, 2.24) is 4.90 Å². The molecule has 0 radical (unpaired) electrons. The van der Waals surface area contributed by atoms with E-state index >= 15 is 0 Å². The molecule has 1 fully saturated rings. The third kappa shape index (κ3) is 5.45. The summed E-state index contributed by atoms with van der Waals surface area (Å²) in [6, 6.07) is 15.4. The van der Waals surface area contributed by atoms with Crippen LogP contribution in [0.1, 0.15) is 24.2 Å². The molecule has 0 bridgehead atoms. The molecule has 2 aromatic carbocycles. The van der Waals surface area contributed by atoms with E-state index in [1.807, 2.05) is 6.07 Å². The molecule has 0 saturated carbocycles. The SMILES string of the molecule is C[C@@H]1CN(CC(O)c2cccc(C#N)c2)C/C1=C/Oc1ccc(S(C)(=O)=O)cc1. The van der Waals surface area contributed by atoms with Crippen LogP contribution in [0.15, 0.2) is 65.3 Å². The van der Waals surface area contributed by atoms with Gasteiger partial charge in [0.2, 0.25) is 0 Å². The van der Waals surface area contributed by atoms with Gasteiger partial charge in [-0.1, -0.05) is 19.1 Å². The number of nitrogens with zero attached hydrogens (tertiary/aromatic N) is 2. The van der Waals surface area contributed by atoms with Gasteiger partial charge in [0.05, 0.1) is 28.9 Å². The Kier molecular flexibility index (Phi) is 6.38. The summed E-state index contributed by atoms with van der Waals surface area (Å²) in [5, 5.41) is 19.5. The average molecular weight is 413 g/mol. The maximum absolute atomic E-state index is 11.5. The number of hydrogen-bond acceptors (Lipinski definition) is 6. The highest BCUT2D eigenvalue weighted by Gasteiger charge is 2.26. The van der Waals surface area contributed by atoms with Crippen LogP contribution in [0.25, 0.3) is 0 Å². The zero-order valence-electron chi connectivity index (χ0n) is 16.4. The van der Waals surface area contributed by atoms with Crippen molar-refractivity contribution in [2.45, 2.75) is 17.9 Å². The highest BCUT2D eigenvalue weighted by atomic mass is 32.2. The molecule has 1 N–H and O–H groups in total. The molecule has 29 heavy (non-hydrogen) atoms. The molecule has 1 aliphatic heterocycles. The number of rotatable bonds is 6. The number of aliphatic hydroxyl groups excluding tert-OH is 1. The van der Waals surface area contributed by atoms with Gasteiger partial charge in [-0.15, -0.1) is 0 Å². The number of β-amino-alcohol motifs (C(OH)–C–C–N with tert-alkyl or cyclic N) is 1. The molecule has 1 heterocycles. The molecule has 2 aromatic rings. The molecule has 1 unspecified atom stereocenters. The first kappa shape index (κ1) is 21.1. The minimum Gasteiger partial charge on any atom is -0.465 e. The van der Waals surface area contributed by atoms with E-state index in [1.54, 1.807) is 36.6 Å². The van der Waals surface area contributed by atoms with E-state index in [-0.39, 0.29) is 10.8 Å². The standard InChI is InChI=1S/C22H24N2O4S/c1-16-12-24(14-22(25)18-5-3-4-17(10-18)11-23)13-19(16)15-28-20-6-8-21(9-7-20)29(2,26)27/h3-10,15-16,22,25H,12-14H2,1-2H3/b19-15-/t16-,22?/m1/s1. The first-order valence-electron chi connectivity index (χ1n) is 9.32. The number of hydrogen-bond donors (Lipinski definition) is 1. The van der Waals surface area contributed by atoms with Gasteiger partial charge in [-0.3, -0.25) is 4.90 Å². The minimum absolute atomic E-state index is 0.257. The van der Waals surface area contributed by atoms with Gasteiger partial charge in [-0.05, 0) is 53.5 Å². The van der Waals surface area contributed by atoms with Crippen LogP contribution in [0.3, 0.4) is 0 Å². The molecule has 0 aromatic heterocycles. The maximum Gasteiger partial charge on any atom is 0.175 e. The van der Waals surface area contributed by atoms with Gasteiger partial charge >= 0.3 is 0 Å². The van der Waals surface area contributed by atoms with Gasteiger partial charge in [0.15, 0.2) is 9.84 Å². The lowest BCUT2D eigenvalue weighted by Crippen LogP contribution is -2.26. The molecular weight excluding hydrogens is 388 g/mol. The van der Waals surface area contributed by atoms with Crippen molar-refractivity contribution in [2.75, 3.05) is 25.9 Å². The summed E-state index contributed by atoms with van der Waals surface area (Å²) in [6.45, 7) is 4.05. The number of ether oxygens (including phenoxy) is 1. The normalized spacial score (nSPS) is 19.8. The van der Waals surface area contributed by atoms with Crippen LogP contribution in [0, 0.1) is 17.2 Å². The zero-order chi connectivity index (χ0) is 21.0. The first-order valence-corrected chi connectivity index (χ1v) is 11.2. The van der Waals surface area contributed by atoms with Crippen molar-refractivity contribution in [1.29, 1.82) is 5.26 Å². The van der Waals surface area contributed by atoms with Crippen molar-refractivity contribution in [2.24, 2.45) is 5.92 Å². The average Bonchev–Trinajstić information content (AvgIpc) is 3.05. The number of aliphatic hydroxyl groups is 1. The lowest BCUT2D eigenvalue weighted by Gasteiger charge is -2.19. The van der Waals surface area contributed by atoms with E-state index in [0.717, 1.165) is 17.7 Å². The van der Waals surface area contributed by atoms with E-state index in [2.05, 4.69) is 17.9 Å². The van der Waals surface area contributed by atoms with Crippen LogP contribution in [0.5, 0.6) is 5.75 Å². The van der Waals surface area contributed by atoms with E-state index in [1.165, 1.54) is 18.4 Å². The second-order valence-corrected chi connectivity index (χ2v) is 9.42. The fraction of sp³-hybridized carbons (Fsp3) is 0.318. The fourth-order valence-electron chi connectivity index (χ4n) is 3.35. The topological polar surface area (TPSA) is 90.6 Å². The largest absolute Gasteiger partial charge is 0.465 e. The molecule has 0 amide bonds. The summed E-state index contributed by atoms with van der Waals surface area (Å²) in [7, 11) is -3.22. The minimum atomic E-state index is -3.22. The summed E-state index contributed by atoms with van der Waals surface area (Å²) >= 11 is 0. The zero-order valence-corrected chi connectivity index (χ0v) is 17.3. The van der Waals surface area contributed by atoms with E-state index in [9.17, 15) is 13.5 Å². The molecule has 1 saturated heterocycles. The predicted molar refractivity (Wildman–Crippen MR) is 110 cm³/mol. The number of nitriles is 1. The predicted octanol–water partition coefficient (Wildman–Crippen LogP) is 2.91. The van der Waals surface area contributed by atoms with E-state index in [4.69, 9.17) is 10.00 Å². The smallest absolute Gasteiger partial charge is 0.175 e. The van der Waals surface area contributed by atoms with Crippen LogP contribution in [-0.2, 0) is 9.84 Å². The molecule has 2 atom stereocenters. The van der Waals surface area contributed by atoms with Crippen molar-refractivity contribution in [3.8, 4) is 11.8 Å². The molecule has 0 spiro atoms. The molecule has 1 aliphatic rings. The monoisotopic (exact) mass is 412 g/mol. The maximum atomic E-state index is 11.5. The van der Waals surface area contributed by atoms with Crippen molar-refractivity contribution in [3.05, 3.63) is 71.5 Å². The van der Waals surface area contributed by atoms with Crippen LogP contribution in [-0.4, -0.2) is 44.3 Å². The molecule has 152 valence electrons. The molecule has 3 rings (SSSR count). The van der Waals surface area contributed by atoms with Gasteiger partial charge in [0.1, 0.15) is 5.75 Å². The quantitative estimate of drug-likeness (QED) is 0.734. The Labute approximate surface area is 171 Å². The highest BCUT2D eigenvalue weighted by molar-refractivity contribution is 7.90. The van der Waals surface area contributed by atoms with Crippen LogP contribution < -0.4 is 4.74 Å². The molecule has 6 nitrogen and oxygen atoms in total. The third-order valence-corrected chi connectivity index (χ3v) is 6.13. The van der Waals surface area contributed by atoms with Gasteiger partial charge in [-0.25, -0.2) is 8.42 Å². The van der Waals surface area contributed by atoms with Crippen LogP contribution in [0.2, 0.25) is 0 Å². The summed E-state index contributed by atoms with van der Waals surface area (Å²) in [6.07, 6.45) is 2.22. The third-order valence-electron chi connectivity index (χ3n) is 5.00. The Hall–Kier alpha value is -2.66. The Balaban J connectivity index is 1.60. The highest BCUT2D eigenvalue weighted by Crippen LogP contribution is 2.26. The Morgan fingerprint density at radius 1 is 1.31 bits per heavy atom. The molecular formula is C22H24N2O4S. The molecule has 0 aliphatic carbocycles. The van der Waals surface area contributed by atoms with Gasteiger partial charge < -0.3 is 9.84 Å². The summed E-state index contributed by atoms with van der Waals surface area (Å²) in [4.78, 5) is 2.41. The van der Waals surface area contributed by atoms with Gasteiger partial charge in [0, 0.05) is 25.9 Å². The molecule has 7 heteroatoms. The first-order chi connectivity index (χ1) is 13.8. The van der Waals surface area contributed by atoms with E-state index in [0.29, 0.717) is 24.4 Å². The summed E-state index contributed by atoms with van der Waals surface area (Å²) < 4.78 is 28.8. The second-order valence-electron chi connectivity index (χ2n) is 7.40. The summed E-state index contributed by atoms with van der Waals surface area (Å²) in [5.74, 6) is 0.854. The summed E-state index contributed by atoms with van der Waals surface area (Å²) in [5.41, 5.74) is 2.37. The lowest BCUT2D eigenvalue weighted by atomic mass is 10.1. The van der Waals surface area contributed by atoms with Crippen LogP contribution >= 0.6 is 0 Å². The second kappa shape index (κ2) is 8.78. The Bertz CT molecular complexity index is 1040. The lowest BCUT2D eigenvalue weighted by molar-refractivity contribution is 0.125. The van der Waals surface area contributed by atoms with Crippen molar-refractivity contribution in [3.63, 3.8) is 0 Å². The van der Waals surface area contributed by atoms with Gasteiger partial charge in [0.25, 0.3) is 0 Å².